The first kappa shape index (κ1) is 12.2. The predicted octanol–water partition coefficient (Wildman–Crippen LogP) is 3.27. The minimum atomic E-state index is 0.744. The summed E-state index contributed by atoms with van der Waals surface area (Å²) in [5.74, 6) is 0.744. The molecule has 3 aromatic rings. The number of aromatic nitrogens is 3. The lowest BCUT2D eigenvalue weighted by Crippen LogP contribution is -1.95. The normalized spacial score (nSPS) is 11.6. The third-order valence-corrected chi connectivity index (χ3v) is 2.86. The van der Waals surface area contributed by atoms with E-state index in [1.807, 2.05) is 37.3 Å². The van der Waals surface area contributed by atoms with Crippen molar-refractivity contribution in [3.63, 3.8) is 0 Å². The summed E-state index contributed by atoms with van der Waals surface area (Å²) < 4.78 is 5.11. The first-order chi connectivity index (χ1) is 9.83. The number of benzene rings is 1. The van der Waals surface area contributed by atoms with Crippen LogP contribution < -0.4 is 0 Å². The summed E-state index contributed by atoms with van der Waals surface area (Å²) >= 11 is 0. The van der Waals surface area contributed by atoms with Gasteiger partial charge in [0.2, 0.25) is 0 Å². The van der Waals surface area contributed by atoms with Gasteiger partial charge in [0.1, 0.15) is 6.33 Å². The Morgan fingerprint density at radius 1 is 1.05 bits per heavy atom. The van der Waals surface area contributed by atoms with E-state index in [4.69, 9.17) is 4.52 Å². The summed E-state index contributed by atoms with van der Waals surface area (Å²) in [6.07, 6.45) is 6.62. The number of aliphatic imine (C=N–C) groups is 1. The molecule has 0 aliphatic heterocycles. The van der Waals surface area contributed by atoms with E-state index in [1.54, 1.807) is 18.6 Å². The molecule has 0 spiro atoms. The summed E-state index contributed by atoms with van der Waals surface area (Å²) in [4.78, 5) is 12.5. The van der Waals surface area contributed by atoms with Crippen LogP contribution in [0.15, 0.2) is 64.8 Å². The number of hydrogen-bond acceptors (Lipinski definition) is 5. The largest absolute Gasteiger partial charge is 0.356 e. The van der Waals surface area contributed by atoms with Gasteiger partial charge in [0, 0.05) is 35.3 Å². The van der Waals surface area contributed by atoms with Crippen molar-refractivity contribution in [2.45, 2.75) is 6.92 Å². The Hall–Kier alpha value is -2.82. The van der Waals surface area contributed by atoms with E-state index in [-0.39, 0.29) is 0 Å². The van der Waals surface area contributed by atoms with Crippen molar-refractivity contribution in [1.82, 2.24) is 15.1 Å². The fourth-order valence-electron chi connectivity index (χ4n) is 1.81. The average Bonchev–Trinajstić information content (AvgIpc) is 3.03. The maximum absolute atomic E-state index is 5.11. The zero-order chi connectivity index (χ0) is 13.8. The van der Waals surface area contributed by atoms with E-state index in [9.17, 15) is 0 Å². The van der Waals surface area contributed by atoms with Gasteiger partial charge in [-0.25, -0.2) is 9.97 Å². The SMILES string of the molecule is CC(=Nc1ccc(-c2ccno2)cc1)c1cncnc1. The molecule has 5 nitrogen and oxygen atoms in total. The second-order valence-electron chi connectivity index (χ2n) is 4.25. The first-order valence-corrected chi connectivity index (χ1v) is 6.15. The van der Waals surface area contributed by atoms with Gasteiger partial charge in [-0.15, -0.1) is 0 Å². The Balaban J connectivity index is 1.85. The maximum atomic E-state index is 5.11. The van der Waals surface area contributed by atoms with Gasteiger partial charge in [-0.05, 0) is 31.2 Å². The van der Waals surface area contributed by atoms with Crippen molar-refractivity contribution in [2.24, 2.45) is 4.99 Å². The molecule has 0 bridgehead atoms. The van der Waals surface area contributed by atoms with Crippen molar-refractivity contribution in [3.8, 4) is 11.3 Å². The van der Waals surface area contributed by atoms with Crippen molar-refractivity contribution in [1.29, 1.82) is 0 Å². The molecular formula is C15H12N4O. The zero-order valence-corrected chi connectivity index (χ0v) is 10.9. The Labute approximate surface area is 116 Å². The molecule has 0 atom stereocenters. The van der Waals surface area contributed by atoms with E-state index in [0.717, 1.165) is 28.3 Å². The van der Waals surface area contributed by atoms with Crippen molar-refractivity contribution in [3.05, 3.63) is 60.8 Å². The molecule has 0 saturated heterocycles. The minimum Gasteiger partial charge on any atom is -0.356 e. The summed E-state index contributed by atoms with van der Waals surface area (Å²) in [5.41, 5.74) is 3.63. The van der Waals surface area contributed by atoms with E-state index in [1.165, 1.54) is 6.33 Å². The second kappa shape index (κ2) is 5.44. The molecule has 0 saturated carbocycles. The van der Waals surface area contributed by atoms with Gasteiger partial charge in [0.25, 0.3) is 0 Å². The van der Waals surface area contributed by atoms with E-state index in [2.05, 4.69) is 20.1 Å². The van der Waals surface area contributed by atoms with E-state index < -0.39 is 0 Å². The molecule has 0 radical (unpaired) electrons. The van der Waals surface area contributed by atoms with E-state index >= 15 is 0 Å². The summed E-state index contributed by atoms with van der Waals surface area (Å²) in [6.45, 7) is 1.93. The zero-order valence-electron chi connectivity index (χ0n) is 10.9. The molecule has 0 N–H and O–H groups in total. The molecule has 0 unspecified atom stereocenters. The highest BCUT2D eigenvalue weighted by Gasteiger charge is 2.02. The van der Waals surface area contributed by atoms with Gasteiger partial charge < -0.3 is 4.52 Å². The van der Waals surface area contributed by atoms with Gasteiger partial charge >= 0.3 is 0 Å². The lowest BCUT2D eigenvalue weighted by molar-refractivity contribution is 0.432. The summed E-state index contributed by atoms with van der Waals surface area (Å²) in [6, 6.07) is 9.60. The van der Waals surface area contributed by atoms with Crippen LogP contribution in [-0.4, -0.2) is 20.8 Å². The van der Waals surface area contributed by atoms with Gasteiger partial charge in [0.15, 0.2) is 5.76 Å². The third kappa shape index (κ3) is 2.61. The fourth-order valence-corrected chi connectivity index (χ4v) is 1.81. The Kier molecular flexibility index (Phi) is 3.33. The van der Waals surface area contributed by atoms with Crippen molar-refractivity contribution < 1.29 is 4.52 Å². The van der Waals surface area contributed by atoms with Crippen LogP contribution >= 0.6 is 0 Å². The molecular weight excluding hydrogens is 252 g/mol. The van der Waals surface area contributed by atoms with Gasteiger partial charge in [-0.2, -0.15) is 0 Å². The van der Waals surface area contributed by atoms with Crippen LogP contribution in [0, 0.1) is 0 Å². The fraction of sp³-hybridized carbons (Fsp3) is 0.0667. The molecule has 0 fully saturated rings. The van der Waals surface area contributed by atoms with Gasteiger partial charge in [-0.1, -0.05) is 5.16 Å². The molecule has 0 aliphatic rings. The quantitative estimate of drug-likeness (QED) is 0.681. The molecule has 3 rings (SSSR count). The van der Waals surface area contributed by atoms with Crippen LogP contribution in [0.3, 0.4) is 0 Å². The number of rotatable bonds is 3. The van der Waals surface area contributed by atoms with Gasteiger partial charge in [-0.3, -0.25) is 4.99 Å². The molecule has 2 heterocycles. The van der Waals surface area contributed by atoms with E-state index in [0.29, 0.717) is 0 Å². The summed E-state index contributed by atoms with van der Waals surface area (Å²) in [7, 11) is 0. The smallest absolute Gasteiger partial charge is 0.166 e. The lowest BCUT2D eigenvalue weighted by atomic mass is 10.1. The average molecular weight is 264 g/mol. The highest BCUT2D eigenvalue weighted by molar-refractivity contribution is 5.99. The number of hydrogen-bond donors (Lipinski definition) is 0. The standard InChI is InChI=1S/C15H12N4O/c1-11(13-8-16-10-17-9-13)19-14-4-2-12(3-5-14)15-6-7-18-20-15/h2-10H,1H3. The van der Waals surface area contributed by atoms with Crippen LogP contribution in [0.4, 0.5) is 5.69 Å². The summed E-state index contributed by atoms with van der Waals surface area (Å²) in [5, 5.41) is 3.69. The molecule has 98 valence electrons. The van der Waals surface area contributed by atoms with Crippen LogP contribution in [0.2, 0.25) is 0 Å². The van der Waals surface area contributed by atoms with Crippen molar-refractivity contribution in [2.75, 3.05) is 0 Å². The Morgan fingerprint density at radius 2 is 1.80 bits per heavy atom. The number of nitrogens with zero attached hydrogens (tertiary/aromatic N) is 4. The van der Waals surface area contributed by atoms with Crippen LogP contribution in [0.5, 0.6) is 0 Å². The van der Waals surface area contributed by atoms with Crippen LogP contribution in [0.25, 0.3) is 11.3 Å². The highest BCUT2D eigenvalue weighted by atomic mass is 16.5. The van der Waals surface area contributed by atoms with Crippen LogP contribution in [-0.2, 0) is 0 Å². The van der Waals surface area contributed by atoms with Gasteiger partial charge in [0.05, 0.1) is 11.9 Å². The third-order valence-electron chi connectivity index (χ3n) is 2.86. The molecule has 2 aromatic heterocycles. The van der Waals surface area contributed by atoms with Crippen molar-refractivity contribution >= 4 is 11.4 Å². The minimum absolute atomic E-state index is 0.744. The van der Waals surface area contributed by atoms with Crippen LogP contribution in [0.1, 0.15) is 12.5 Å². The maximum Gasteiger partial charge on any atom is 0.166 e. The monoisotopic (exact) mass is 264 g/mol. The first-order valence-electron chi connectivity index (χ1n) is 6.15. The molecule has 5 heteroatoms. The molecule has 1 aromatic carbocycles. The second-order valence-corrected chi connectivity index (χ2v) is 4.25. The Morgan fingerprint density at radius 3 is 2.45 bits per heavy atom. The lowest BCUT2D eigenvalue weighted by Gasteiger charge is -2.01. The molecule has 0 aliphatic carbocycles. The highest BCUT2D eigenvalue weighted by Crippen LogP contribution is 2.22. The topological polar surface area (TPSA) is 64.2 Å². The molecule has 20 heavy (non-hydrogen) atoms. The molecule has 0 amide bonds. The Bertz CT molecular complexity index is 703. The predicted molar refractivity (Wildman–Crippen MR) is 75.8 cm³/mol.